The van der Waals surface area contributed by atoms with Gasteiger partial charge in [0, 0.05) is 16.7 Å². The van der Waals surface area contributed by atoms with Crippen LogP contribution < -0.4 is 5.32 Å². The smallest absolute Gasteiger partial charge is 0.413 e. The monoisotopic (exact) mass is 338 g/mol. The maximum Gasteiger partial charge on any atom is 0.413 e. The van der Waals surface area contributed by atoms with Gasteiger partial charge in [-0.15, -0.1) is 0 Å². The molecule has 1 amide bonds. The molecule has 0 radical (unpaired) electrons. The fourth-order valence-electron chi connectivity index (χ4n) is 1.50. The van der Waals surface area contributed by atoms with Gasteiger partial charge in [-0.2, -0.15) is 9.78 Å². The number of hydrogen-bond donors (Lipinski definition) is 1. The van der Waals surface area contributed by atoms with Crippen LogP contribution in [0.25, 0.3) is 5.82 Å². The van der Waals surface area contributed by atoms with Gasteiger partial charge < -0.3 is 4.74 Å². The number of nitrogens with one attached hydrogen (secondary N) is 1. The lowest BCUT2D eigenvalue weighted by atomic mass is 10.2. The predicted molar refractivity (Wildman–Crippen MR) is 78.9 cm³/mol. The molecule has 20 heavy (non-hydrogen) atoms. The number of pyridine rings is 1. The van der Waals surface area contributed by atoms with Crippen LogP contribution in [0.15, 0.2) is 35.1 Å². The highest BCUT2D eigenvalue weighted by atomic mass is 79.9. The van der Waals surface area contributed by atoms with E-state index in [9.17, 15) is 4.79 Å². The minimum Gasteiger partial charge on any atom is -0.444 e. The second-order valence-electron chi connectivity index (χ2n) is 5.09. The third-order valence-corrected chi connectivity index (χ3v) is 2.69. The van der Waals surface area contributed by atoms with Crippen molar-refractivity contribution >= 4 is 27.8 Å². The highest BCUT2D eigenvalue weighted by molar-refractivity contribution is 9.10. The Morgan fingerprint density at radius 2 is 2.10 bits per heavy atom. The molecule has 1 N–H and O–H groups in total. The van der Waals surface area contributed by atoms with Crippen molar-refractivity contribution in [1.82, 2.24) is 14.8 Å². The summed E-state index contributed by atoms with van der Waals surface area (Å²) in [5.74, 6) is 1.08. The molecule has 2 rings (SSSR count). The maximum atomic E-state index is 11.8. The van der Waals surface area contributed by atoms with Crippen molar-refractivity contribution in [2.24, 2.45) is 0 Å². The number of aromatic nitrogens is 3. The molecule has 2 aromatic rings. The van der Waals surface area contributed by atoms with Gasteiger partial charge in [-0.05, 0) is 32.9 Å². The Hall–Kier alpha value is -1.89. The first-order valence-electron chi connectivity index (χ1n) is 6.01. The largest absolute Gasteiger partial charge is 0.444 e. The molecule has 0 bridgehead atoms. The molecule has 0 atom stereocenters. The zero-order valence-electron chi connectivity index (χ0n) is 11.4. The van der Waals surface area contributed by atoms with Gasteiger partial charge in [0.15, 0.2) is 5.82 Å². The lowest BCUT2D eigenvalue weighted by molar-refractivity contribution is 0.0635. The molecular formula is C13H15BrN4O2. The number of rotatable bonds is 2. The molecule has 0 aromatic carbocycles. The first-order chi connectivity index (χ1) is 9.35. The standard InChI is InChI=1S/C13H15BrN4O2/c1-13(2,3)20-12(19)17-10-5-7-16-18(10)11-8-9(14)4-6-15-11/h4-8H,1-3H3,(H,17,19). The summed E-state index contributed by atoms with van der Waals surface area (Å²) in [5, 5.41) is 6.79. The molecule has 0 saturated carbocycles. The van der Waals surface area contributed by atoms with Crippen LogP contribution in [0.1, 0.15) is 20.8 Å². The van der Waals surface area contributed by atoms with Gasteiger partial charge in [-0.1, -0.05) is 15.9 Å². The van der Waals surface area contributed by atoms with E-state index in [1.165, 1.54) is 4.68 Å². The highest BCUT2D eigenvalue weighted by Gasteiger charge is 2.18. The number of carbonyl (C=O) groups excluding carboxylic acids is 1. The van der Waals surface area contributed by atoms with Gasteiger partial charge in [-0.3, -0.25) is 5.32 Å². The Morgan fingerprint density at radius 1 is 1.35 bits per heavy atom. The number of nitrogens with zero attached hydrogens (tertiary/aromatic N) is 3. The molecule has 0 fully saturated rings. The molecular weight excluding hydrogens is 324 g/mol. The second kappa shape index (κ2) is 5.62. The van der Waals surface area contributed by atoms with Crippen LogP contribution in [0.4, 0.5) is 10.6 Å². The van der Waals surface area contributed by atoms with Crippen molar-refractivity contribution in [2.45, 2.75) is 26.4 Å². The van der Waals surface area contributed by atoms with E-state index in [-0.39, 0.29) is 0 Å². The molecule has 106 valence electrons. The van der Waals surface area contributed by atoms with Crippen LogP contribution in [0.3, 0.4) is 0 Å². The highest BCUT2D eigenvalue weighted by Crippen LogP contribution is 2.17. The van der Waals surface area contributed by atoms with E-state index in [4.69, 9.17) is 4.74 Å². The lowest BCUT2D eigenvalue weighted by Gasteiger charge is -2.19. The first-order valence-corrected chi connectivity index (χ1v) is 6.80. The second-order valence-corrected chi connectivity index (χ2v) is 6.00. The van der Waals surface area contributed by atoms with Gasteiger partial charge in [0.1, 0.15) is 11.4 Å². The molecule has 0 aliphatic carbocycles. The van der Waals surface area contributed by atoms with Gasteiger partial charge in [0.25, 0.3) is 0 Å². The molecule has 0 saturated heterocycles. The molecule has 0 unspecified atom stereocenters. The molecule has 7 heteroatoms. The molecule has 6 nitrogen and oxygen atoms in total. The molecule has 2 aromatic heterocycles. The fourth-order valence-corrected chi connectivity index (χ4v) is 1.82. The Labute approximate surface area is 125 Å². The van der Waals surface area contributed by atoms with Crippen molar-refractivity contribution in [3.05, 3.63) is 35.1 Å². The van der Waals surface area contributed by atoms with Crippen molar-refractivity contribution in [3.63, 3.8) is 0 Å². The van der Waals surface area contributed by atoms with Gasteiger partial charge >= 0.3 is 6.09 Å². The summed E-state index contributed by atoms with van der Waals surface area (Å²) in [7, 11) is 0. The van der Waals surface area contributed by atoms with Gasteiger partial charge in [-0.25, -0.2) is 9.78 Å². The third-order valence-electron chi connectivity index (χ3n) is 2.20. The summed E-state index contributed by atoms with van der Waals surface area (Å²) in [6.07, 6.45) is 2.70. The Morgan fingerprint density at radius 3 is 2.75 bits per heavy atom. The quantitative estimate of drug-likeness (QED) is 0.911. The van der Waals surface area contributed by atoms with E-state index in [0.717, 1.165) is 4.47 Å². The zero-order chi connectivity index (χ0) is 14.8. The SMILES string of the molecule is CC(C)(C)OC(=O)Nc1ccnn1-c1cc(Br)ccn1. The number of amides is 1. The normalized spacial score (nSPS) is 11.2. The van der Waals surface area contributed by atoms with Crippen LogP contribution in [0, 0.1) is 0 Å². The first kappa shape index (κ1) is 14.5. The lowest BCUT2D eigenvalue weighted by Crippen LogP contribution is -2.28. The van der Waals surface area contributed by atoms with E-state index < -0.39 is 11.7 Å². The predicted octanol–water partition coefficient (Wildman–Crippen LogP) is 3.38. The number of carbonyl (C=O) groups is 1. The van der Waals surface area contributed by atoms with E-state index in [2.05, 4.69) is 31.3 Å². The Bertz CT molecular complexity index is 619. The van der Waals surface area contributed by atoms with Crippen LogP contribution in [-0.2, 0) is 4.74 Å². The van der Waals surface area contributed by atoms with E-state index in [1.807, 2.05) is 6.07 Å². The van der Waals surface area contributed by atoms with Crippen LogP contribution in [-0.4, -0.2) is 26.5 Å². The Kier molecular flexibility index (Phi) is 4.08. The maximum absolute atomic E-state index is 11.8. The summed E-state index contributed by atoms with van der Waals surface area (Å²) in [6, 6.07) is 5.29. The minimum absolute atomic E-state index is 0.491. The van der Waals surface area contributed by atoms with Crippen LogP contribution >= 0.6 is 15.9 Å². The Balaban J connectivity index is 2.19. The van der Waals surface area contributed by atoms with E-state index in [1.54, 1.807) is 45.3 Å². The number of ether oxygens (including phenoxy) is 1. The van der Waals surface area contributed by atoms with E-state index >= 15 is 0 Å². The van der Waals surface area contributed by atoms with Crippen LogP contribution in [0.5, 0.6) is 0 Å². The third kappa shape index (κ3) is 3.80. The van der Waals surface area contributed by atoms with Crippen molar-refractivity contribution in [1.29, 1.82) is 0 Å². The topological polar surface area (TPSA) is 69.0 Å². The average molecular weight is 339 g/mol. The molecule has 2 heterocycles. The summed E-state index contributed by atoms with van der Waals surface area (Å²) in [6.45, 7) is 5.42. The summed E-state index contributed by atoms with van der Waals surface area (Å²) >= 11 is 3.37. The van der Waals surface area contributed by atoms with Gasteiger partial charge in [0.05, 0.1) is 6.20 Å². The molecule has 0 aliphatic rings. The van der Waals surface area contributed by atoms with Crippen LogP contribution in [0.2, 0.25) is 0 Å². The number of anilines is 1. The minimum atomic E-state index is -0.553. The molecule has 0 spiro atoms. The summed E-state index contributed by atoms with van der Waals surface area (Å²) in [4.78, 5) is 16.0. The number of halogens is 1. The molecule has 0 aliphatic heterocycles. The zero-order valence-corrected chi connectivity index (χ0v) is 13.0. The van der Waals surface area contributed by atoms with Crippen molar-refractivity contribution in [2.75, 3.05) is 5.32 Å². The summed E-state index contributed by atoms with van der Waals surface area (Å²) < 4.78 is 7.60. The van der Waals surface area contributed by atoms with Gasteiger partial charge in [0.2, 0.25) is 0 Å². The summed E-state index contributed by atoms with van der Waals surface area (Å²) in [5.41, 5.74) is -0.553. The van der Waals surface area contributed by atoms with E-state index in [0.29, 0.717) is 11.6 Å². The average Bonchev–Trinajstić information content (AvgIpc) is 2.74. The van der Waals surface area contributed by atoms with Crippen molar-refractivity contribution in [3.8, 4) is 5.82 Å². The van der Waals surface area contributed by atoms with Crippen molar-refractivity contribution < 1.29 is 9.53 Å². The number of hydrogen-bond acceptors (Lipinski definition) is 4. The fraction of sp³-hybridized carbons (Fsp3) is 0.308.